The lowest BCUT2D eigenvalue weighted by molar-refractivity contribution is 0.229. The van der Waals surface area contributed by atoms with Crippen molar-refractivity contribution in [2.45, 2.75) is 36.3 Å². The fourth-order valence-electron chi connectivity index (χ4n) is 2.02. The van der Waals surface area contributed by atoms with Gasteiger partial charge in [0.2, 0.25) is 5.89 Å². The molecule has 2 heterocycles. The van der Waals surface area contributed by atoms with E-state index in [1.54, 1.807) is 18.0 Å². The summed E-state index contributed by atoms with van der Waals surface area (Å²) in [4.78, 5) is 8.66. The van der Waals surface area contributed by atoms with Crippen molar-refractivity contribution in [3.05, 3.63) is 41.8 Å². The molecule has 0 aliphatic heterocycles. The number of nitrogens with two attached hydrogens (primary N) is 1. The largest absolute Gasteiger partial charge is 0.338 e. The van der Waals surface area contributed by atoms with Crippen LogP contribution < -0.4 is 5.73 Å². The van der Waals surface area contributed by atoms with Crippen LogP contribution in [0, 0.1) is 0 Å². The molecule has 1 fully saturated rings. The smallest absolute Gasteiger partial charge is 0.236 e. The number of thioether (sulfide) groups is 1. The Bertz CT molecular complexity index is 539. The molecule has 1 saturated carbocycles. The van der Waals surface area contributed by atoms with E-state index in [0.717, 1.165) is 30.7 Å². The molecule has 0 bridgehead atoms. The van der Waals surface area contributed by atoms with Crippen molar-refractivity contribution >= 4 is 11.8 Å². The van der Waals surface area contributed by atoms with Gasteiger partial charge in [-0.3, -0.25) is 4.98 Å². The average molecular weight is 276 g/mol. The second-order valence-electron chi connectivity index (χ2n) is 4.84. The Morgan fingerprint density at radius 1 is 1.32 bits per heavy atom. The Balaban J connectivity index is 1.53. The Morgan fingerprint density at radius 3 is 2.89 bits per heavy atom. The molecule has 0 spiro atoms. The van der Waals surface area contributed by atoms with E-state index in [4.69, 9.17) is 10.3 Å². The molecule has 0 aromatic carbocycles. The molecule has 0 amide bonds. The summed E-state index contributed by atoms with van der Waals surface area (Å²) in [5, 5.41) is 4.00. The predicted octanol–water partition coefficient (Wildman–Crippen LogP) is 2.24. The molecular weight excluding hydrogens is 260 g/mol. The van der Waals surface area contributed by atoms with E-state index in [9.17, 15) is 0 Å². The highest BCUT2D eigenvalue weighted by atomic mass is 32.2. The lowest BCUT2D eigenvalue weighted by Gasteiger charge is -2.34. The molecule has 100 valence electrons. The maximum absolute atomic E-state index is 6.16. The summed E-state index contributed by atoms with van der Waals surface area (Å²) in [5.41, 5.74) is 6.87. The number of nitrogens with zero attached hydrogens (tertiary/aromatic N) is 3. The number of hydrogen-bond donors (Lipinski definition) is 1. The highest BCUT2D eigenvalue weighted by Crippen LogP contribution is 2.37. The maximum atomic E-state index is 6.16. The first-order chi connectivity index (χ1) is 9.26. The van der Waals surface area contributed by atoms with Gasteiger partial charge in [-0.15, -0.1) is 11.8 Å². The fourth-order valence-corrected chi connectivity index (χ4v) is 2.80. The molecule has 0 saturated heterocycles. The number of rotatable bonds is 5. The van der Waals surface area contributed by atoms with Crippen LogP contribution in [0.1, 0.15) is 36.7 Å². The van der Waals surface area contributed by atoms with Crippen LogP contribution >= 0.6 is 11.8 Å². The highest BCUT2D eigenvalue weighted by molar-refractivity contribution is 7.97. The number of hydrogen-bond acceptors (Lipinski definition) is 6. The Morgan fingerprint density at radius 2 is 2.21 bits per heavy atom. The molecule has 0 unspecified atom stereocenters. The predicted molar refractivity (Wildman–Crippen MR) is 73.3 cm³/mol. The second-order valence-corrected chi connectivity index (χ2v) is 5.82. The zero-order valence-electron chi connectivity index (χ0n) is 10.6. The highest BCUT2D eigenvalue weighted by Gasteiger charge is 2.38. The molecule has 2 aromatic rings. The first kappa shape index (κ1) is 12.6. The lowest BCUT2D eigenvalue weighted by atomic mass is 9.77. The molecule has 1 aliphatic rings. The summed E-state index contributed by atoms with van der Waals surface area (Å²) >= 11 is 1.71. The summed E-state index contributed by atoms with van der Waals surface area (Å²) in [6, 6.07) is 5.91. The van der Waals surface area contributed by atoms with Gasteiger partial charge in [-0.2, -0.15) is 4.98 Å². The zero-order valence-corrected chi connectivity index (χ0v) is 11.4. The van der Waals surface area contributed by atoms with Gasteiger partial charge in [0.15, 0.2) is 5.82 Å². The first-order valence-electron chi connectivity index (χ1n) is 6.36. The topological polar surface area (TPSA) is 77.8 Å². The van der Waals surface area contributed by atoms with E-state index >= 15 is 0 Å². The molecule has 19 heavy (non-hydrogen) atoms. The van der Waals surface area contributed by atoms with Gasteiger partial charge >= 0.3 is 0 Å². The minimum Gasteiger partial charge on any atom is -0.338 e. The second kappa shape index (κ2) is 5.30. The van der Waals surface area contributed by atoms with Gasteiger partial charge < -0.3 is 10.3 Å². The minimum atomic E-state index is -0.340. The molecule has 0 radical (unpaired) electrons. The fraction of sp³-hybridized carbons (Fsp3) is 0.462. The van der Waals surface area contributed by atoms with E-state index in [1.165, 1.54) is 0 Å². The van der Waals surface area contributed by atoms with Gasteiger partial charge in [-0.05, 0) is 31.4 Å². The van der Waals surface area contributed by atoms with Gasteiger partial charge in [-0.25, -0.2) is 0 Å². The van der Waals surface area contributed by atoms with Crippen LogP contribution in [-0.4, -0.2) is 15.1 Å². The van der Waals surface area contributed by atoms with Crippen LogP contribution in [0.5, 0.6) is 0 Å². The van der Waals surface area contributed by atoms with Crippen LogP contribution in [0.4, 0.5) is 0 Å². The van der Waals surface area contributed by atoms with Crippen molar-refractivity contribution in [3.63, 3.8) is 0 Å². The summed E-state index contributed by atoms with van der Waals surface area (Å²) in [6.45, 7) is 0. The van der Waals surface area contributed by atoms with Crippen LogP contribution in [-0.2, 0) is 17.0 Å². The Hall–Kier alpha value is -1.40. The lowest BCUT2D eigenvalue weighted by Crippen LogP contribution is -2.44. The first-order valence-corrected chi connectivity index (χ1v) is 7.51. The number of pyridine rings is 1. The van der Waals surface area contributed by atoms with Crippen molar-refractivity contribution in [3.8, 4) is 0 Å². The molecule has 2 aromatic heterocycles. The van der Waals surface area contributed by atoms with E-state index in [0.29, 0.717) is 17.5 Å². The third kappa shape index (κ3) is 2.79. The molecule has 2 N–H and O–H groups in total. The SMILES string of the molecule is NC1(c2noc(CSCc3ccccn3)n2)CCC1. The summed E-state index contributed by atoms with van der Waals surface area (Å²) in [6.07, 6.45) is 4.85. The van der Waals surface area contributed by atoms with Crippen molar-refractivity contribution < 1.29 is 4.52 Å². The summed E-state index contributed by atoms with van der Waals surface area (Å²) in [7, 11) is 0. The van der Waals surface area contributed by atoms with Crippen molar-refractivity contribution in [1.29, 1.82) is 0 Å². The van der Waals surface area contributed by atoms with Gasteiger partial charge in [0.1, 0.15) is 0 Å². The third-order valence-corrected chi connectivity index (χ3v) is 4.31. The van der Waals surface area contributed by atoms with Crippen LogP contribution in [0.2, 0.25) is 0 Å². The Labute approximate surface area is 116 Å². The quantitative estimate of drug-likeness (QED) is 0.902. The van der Waals surface area contributed by atoms with E-state index in [2.05, 4.69) is 15.1 Å². The van der Waals surface area contributed by atoms with Gasteiger partial charge in [0, 0.05) is 11.9 Å². The zero-order chi connectivity index (χ0) is 13.1. The summed E-state index contributed by atoms with van der Waals surface area (Å²) in [5.74, 6) is 2.84. The van der Waals surface area contributed by atoms with Gasteiger partial charge in [0.05, 0.1) is 17.0 Å². The molecule has 1 aliphatic carbocycles. The van der Waals surface area contributed by atoms with Crippen molar-refractivity contribution in [2.24, 2.45) is 5.73 Å². The van der Waals surface area contributed by atoms with Crippen LogP contribution in [0.3, 0.4) is 0 Å². The molecule has 3 rings (SSSR count). The molecule has 6 heteroatoms. The van der Waals surface area contributed by atoms with Crippen LogP contribution in [0.25, 0.3) is 0 Å². The van der Waals surface area contributed by atoms with E-state index < -0.39 is 0 Å². The molecular formula is C13H16N4OS. The third-order valence-electron chi connectivity index (χ3n) is 3.36. The minimum absolute atomic E-state index is 0.340. The standard InChI is InChI=1S/C13H16N4OS/c14-13(5-3-6-13)12-16-11(18-17-12)9-19-8-10-4-1-2-7-15-10/h1-2,4,7H,3,5-6,8-9,14H2. The normalized spacial score (nSPS) is 17.1. The maximum Gasteiger partial charge on any atom is 0.236 e. The monoisotopic (exact) mass is 276 g/mol. The van der Waals surface area contributed by atoms with Crippen molar-refractivity contribution in [1.82, 2.24) is 15.1 Å². The average Bonchev–Trinajstić information content (AvgIpc) is 2.86. The van der Waals surface area contributed by atoms with Crippen LogP contribution in [0.15, 0.2) is 28.9 Å². The summed E-state index contributed by atoms with van der Waals surface area (Å²) < 4.78 is 5.24. The molecule has 0 atom stereocenters. The van der Waals surface area contributed by atoms with Crippen molar-refractivity contribution in [2.75, 3.05) is 0 Å². The van der Waals surface area contributed by atoms with Gasteiger partial charge in [-0.1, -0.05) is 11.2 Å². The number of aromatic nitrogens is 3. The van der Waals surface area contributed by atoms with E-state index in [-0.39, 0.29) is 5.54 Å². The van der Waals surface area contributed by atoms with E-state index in [1.807, 2.05) is 18.2 Å². The van der Waals surface area contributed by atoms with Gasteiger partial charge in [0.25, 0.3) is 0 Å². The molecule has 5 nitrogen and oxygen atoms in total. The Kier molecular flexibility index (Phi) is 3.52.